The zero-order valence-electron chi connectivity index (χ0n) is 6.37. The molecule has 11 heavy (non-hydrogen) atoms. The molecule has 3 heteroatoms. The smallest absolute Gasteiger partial charge is 0.331 e. The molecular formula is C8H10O3. The molecule has 0 spiro atoms. The lowest BCUT2D eigenvalue weighted by Crippen LogP contribution is -2.00. The summed E-state index contributed by atoms with van der Waals surface area (Å²) in [5, 5.41) is 0. The Bertz CT molecular complexity index is 192. The maximum atomic E-state index is 10.6. The zero-order valence-corrected chi connectivity index (χ0v) is 6.37. The van der Waals surface area contributed by atoms with E-state index in [1.807, 2.05) is 0 Å². The largest absolute Gasteiger partial charge is 0.458 e. The Morgan fingerprint density at radius 2 is 2.09 bits per heavy atom. The Hall–Kier alpha value is -1.38. The number of esters is 1. The van der Waals surface area contributed by atoms with E-state index >= 15 is 0 Å². The SMILES string of the molecule is C=CCOC(=O)C=CC(C)=O. The fourth-order valence-corrected chi connectivity index (χ4v) is 0.375. The summed E-state index contributed by atoms with van der Waals surface area (Å²) in [7, 11) is 0. The molecule has 3 nitrogen and oxygen atoms in total. The van der Waals surface area contributed by atoms with E-state index in [2.05, 4.69) is 11.3 Å². The summed E-state index contributed by atoms with van der Waals surface area (Å²) in [6.07, 6.45) is 3.71. The van der Waals surface area contributed by atoms with Crippen LogP contribution in [0.1, 0.15) is 6.92 Å². The van der Waals surface area contributed by atoms with Gasteiger partial charge in [0.05, 0.1) is 0 Å². The maximum Gasteiger partial charge on any atom is 0.331 e. The third kappa shape index (κ3) is 6.51. The Balaban J connectivity index is 3.68. The highest BCUT2D eigenvalue weighted by molar-refractivity contribution is 5.94. The van der Waals surface area contributed by atoms with E-state index < -0.39 is 5.97 Å². The molecule has 0 bridgehead atoms. The van der Waals surface area contributed by atoms with Gasteiger partial charge in [-0.1, -0.05) is 12.7 Å². The van der Waals surface area contributed by atoms with Gasteiger partial charge >= 0.3 is 5.97 Å². The molecule has 0 unspecified atom stereocenters. The number of ketones is 1. The molecule has 0 amide bonds. The predicted molar refractivity (Wildman–Crippen MR) is 41.0 cm³/mol. The Morgan fingerprint density at radius 1 is 1.45 bits per heavy atom. The first-order valence-electron chi connectivity index (χ1n) is 3.13. The molecule has 0 aromatic rings. The van der Waals surface area contributed by atoms with Crippen molar-refractivity contribution in [3.63, 3.8) is 0 Å². The van der Waals surface area contributed by atoms with Crippen LogP contribution in [0.25, 0.3) is 0 Å². The van der Waals surface area contributed by atoms with E-state index in [1.54, 1.807) is 0 Å². The van der Waals surface area contributed by atoms with Crippen molar-refractivity contribution in [3.8, 4) is 0 Å². The average Bonchev–Trinajstić information content (AvgIpc) is 1.97. The molecule has 0 N–H and O–H groups in total. The summed E-state index contributed by atoms with van der Waals surface area (Å²) in [5.74, 6) is -0.708. The lowest BCUT2D eigenvalue weighted by atomic mass is 10.4. The number of hydrogen-bond acceptors (Lipinski definition) is 3. The Morgan fingerprint density at radius 3 is 2.55 bits per heavy atom. The van der Waals surface area contributed by atoms with Gasteiger partial charge in [-0.3, -0.25) is 4.79 Å². The lowest BCUT2D eigenvalue weighted by molar-refractivity contribution is -0.136. The van der Waals surface area contributed by atoms with Gasteiger partial charge < -0.3 is 4.74 Å². The zero-order chi connectivity index (χ0) is 8.69. The molecule has 60 valence electrons. The van der Waals surface area contributed by atoms with Crippen LogP contribution in [0.4, 0.5) is 0 Å². The van der Waals surface area contributed by atoms with Gasteiger partial charge in [-0.15, -0.1) is 0 Å². The van der Waals surface area contributed by atoms with Crippen molar-refractivity contribution >= 4 is 11.8 Å². The lowest BCUT2D eigenvalue weighted by Gasteiger charge is -1.93. The normalized spacial score (nSPS) is 9.55. The molecule has 0 aromatic carbocycles. The van der Waals surface area contributed by atoms with E-state index in [4.69, 9.17) is 0 Å². The monoisotopic (exact) mass is 154 g/mol. The summed E-state index contributed by atoms with van der Waals surface area (Å²) in [6.45, 7) is 4.89. The number of rotatable bonds is 4. The van der Waals surface area contributed by atoms with Gasteiger partial charge in [0.1, 0.15) is 6.61 Å². The van der Waals surface area contributed by atoms with Crippen molar-refractivity contribution in [1.29, 1.82) is 0 Å². The molecule has 0 aliphatic carbocycles. The van der Waals surface area contributed by atoms with Crippen molar-refractivity contribution in [2.45, 2.75) is 6.92 Å². The highest BCUT2D eigenvalue weighted by atomic mass is 16.5. The Labute approximate surface area is 65.4 Å². The molecule has 0 heterocycles. The first-order valence-corrected chi connectivity index (χ1v) is 3.13. The van der Waals surface area contributed by atoms with Gasteiger partial charge in [-0.05, 0) is 13.0 Å². The summed E-state index contributed by atoms with van der Waals surface area (Å²) in [6, 6.07) is 0. The van der Waals surface area contributed by atoms with E-state index in [0.717, 1.165) is 12.2 Å². The molecule has 0 radical (unpaired) electrons. The fraction of sp³-hybridized carbons (Fsp3) is 0.250. The minimum Gasteiger partial charge on any atom is -0.458 e. The van der Waals surface area contributed by atoms with Crippen molar-refractivity contribution < 1.29 is 14.3 Å². The number of allylic oxidation sites excluding steroid dienone is 1. The minimum atomic E-state index is -0.528. The quantitative estimate of drug-likeness (QED) is 0.342. The van der Waals surface area contributed by atoms with Crippen LogP contribution in [0.3, 0.4) is 0 Å². The standard InChI is InChI=1S/C8H10O3/c1-3-6-11-8(10)5-4-7(2)9/h3-5H,1,6H2,2H3. The van der Waals surface area contributed by atoms with E-state index in [1.165, 1.54) is 13.0 Å². The number of carbonyl (C=O) groups is 2. The second kappa shape index (κ2) is 5.41. The Kier molecular flexibility index (Phi) is 4.73. The van der Waals surface area contributed by atoms with Crippen LogP contribution in [-0.4, -0.2) is 18.4 Å². The van der Waals surface area contributed by atoms with Crippen molar-refractivity contribution in [2.75, 3.05) is 6.61 Å². The summed E-state index contributed by atoms with van der Waals surface area (Å²) in [5.41, 5.74) is 0. The van der Waals surface area contributed by atoms with Crippen LogP contribution in [0, 0.1) is 0 Å². The minimum absolute atomic E-state index is 0.168. The summed E-state index contributed by atoms with van der Waals surface area (Å²) in [4.78, 5) is 20.9. The van der Waals surface area contributed by atoms with Crippen molar-refractivity contribution in [3.05, 3.63) is 24.8 Å². The van der Waals surface area contributed by atoms with Crippen LogP contribution in [0.15, 0.2) is 24.8 Å². The molecule has 0 aliphatic rings. The van der Waals surface area contributed by atoms with Gasteiger partial charge in [-0.2, -0.15) is 0 Å². The van der Waals surface area contributed by atoms with Crippen molar-refractivity contribution in [2.24, 2.45) is 0 Å². The van der Waals surface area contributed by atoms with Gasteiger partial charge in [0.2, 0.25) is 0 Å². The van der Waals surface area contributed by atoms with Crippen LogP contribution in [0.2, 0.25) is 0 Å². The molecule has 0 atom stereocenters. The molecule has 0 rings (SSSR count). The van der Waals surface area contributed by atoms with E-state index in [0.29, 0.717) is 0 Å². The van der Waals surface area contributed by atoms with Crippen LogP contribution < -0.4 is 0 Å². The fourth-order valence-electron chi connectivity index (χ4n) is 0.375. The predicted octanol–water partition coefficient (Wildman–Crippen LogP) is 0.861. The summed E-state index contributed by atoms with van der Waals surface area (Å²) < 4.78 is 4.55. The third-order valence-electron chi connectivity index (χ3n) is 0.798. The van der Waals surface area contributed by atoms with Crippen LogP contribution >= 0.6 is 0 Å². The first kappa shape index (κ1) is 9.62. The molecule has 0 fully saturated rings. The van der Waals surface area contributed by atoms with E-state index in [-0.39, 0.29) is 12.4 Å². The second-order valence-electron chi connectivity index (χ2n) is 1.86. The second-order valence-corrected chi connectivity index (χ2v) is 1.86. The summed E-state index contributed by atoms with van der Waals surface area (Å²) >= 11 is 0. The number of hydrogen-bond donors (Lipinski definition) is 0. The molecular weight excluding hydrogens is 144 g/mol. The third-order valence-corrected chi connectivity index (χ3v) is 0.798. The average molecular weight is 154 g/mol. The number of carbonyl (C=O) groups excluding carboxylic acids is 2. The topological polar surface area (TPSA) is 43.4 Å². The molecule has 0 saturated carbocycles. The maximum absolute atomic E-state index is 10.6. The molecule has 0 aliphatic heterocycles. The van der Waals surface area contributed by atoms with E-state index in [9.17, 15) is 9.59 Å². The van der Waals surface area contributed by atoms with Gasteiger partial charge in [0, 0.05) is 6.08 Å². The van der Waals surface area contributed by atoms with Crippen LogP contribution in [0.5, 0.6) is 0 Å². The van der Waals surface area contributed by atoms with Gasteiger partial charge in [0.15, 0.2) is 5.78 Å². The molecule has 0 saturated heterocycles. The number of ether oxygens (including phenoxy) is 1. The highest BCUT2D eigenvalue weighted by Crippen LogP contribution is 1.82. The van der Waals surface area contributed by atoms with Gasteiger partial charge in [-0.25, -0.2) is 4.79 Å². The highest BCUT2D eigenvalue weighted by Gasteiger charge is 1.93. The van der Waals surface area contributed by atoms with Gasteiger partial charge in [0.25, 0.3) is 0 Å². The van der Waals surface area contributed by atoms with Crippen molar-refractivity contribution in [1.82, 2.24) is 0 Å². The first-order chi connectivity index (χ1) is 5.16. The van der Waals surface area contributed by atoms with Crippen LogP contribution in [-0.2, 0) is 14.3 Å². The molecule has 0 aromatic heterocycles.